The maximum absolute atomic E-state index is 10.7. The lowest BCUT2D eigenvalue weighted by Crippen LogP contribution is -1.98. The quantitative estimate of drug-likeness (QED) is 0.684. The van der Waals surface area contributed by atoms with Crippen LogP contribution in [0.4, 0.5) is 11.5 Å². The van der Waals surface area contributed by atoms with Gasteiger partial charge in [0.2, 0.25) is 5.88 Å². The smallest absolute Gasteiger partial charge is 0.273 e. The van der Waals surface area contributed by atoms with Crippen LogP contribution in [0, 0.1) is 17.0 Å². The summed E-state index contributed by atoms with van der Waals surface area (Å²) in [6.07, 6.45) is 0. The summed E-state index contributed by atoms with van der Waals surface area (Å²) in [6, 6.07) is 5.29. The maximum atomic E-state index is 10.7. The van der Waals surface area contributed by atoms with Gasteiger partial charge in [-0.3, -0.25) is 10.1 Å². The van der Waals surface area contributed by atoms with Crippen molar-refractivity contribution in [1.82, 2.24) is 9.97 Å². The molecule has 2 aromatic rings. The molecule has 8 heteroatoms. The Kier molecular flexibility index (Phi) is 3.48. The summed E-state index contributed by atoms with van der Waals surface area (Å²) in [5.74, 6) is 0.973. The monoisotopic (exact) mass is 280 g/mol. The van der Waals surface area contributed by atoms with Gasteiger partial charge in [0.1, 0.15) is 11.6 Å². The first-order valence-corrected chi connectivity index (χ1v) is 5.56. The molecule has 1 heterocycles. The Morgan fingerprint density at radius 2 is 2.11 bits per heavy atom. The van der Waals surface area contributed by atoms with Crippen LogP contribution in [0.5, 0.6) is 11.6 Å². The molecule has 98 valence electrons. The fraction of sp³-hybridized carbons (Fsp3) is 0.0909. The number of ether oxygens (including phenoxy) is 1. The maximum Gasteiger partial charge on any atom is 0.273 e. The molecule has 0 saturated heterocycles. The molecular weight excluding hydrogens is 272 g/mol. The van der Waals surface area contributed by atoms with E-state index in [4.69, 9.17) is 22.1 Å². The van der Waals surface area contributed by atoms with Crippen LogP contribution < -0.4 is 10.5 Å². The number of benzene rings is 1. The van der Waals surface area contributed by atoms with E-state index in [9.17, 15) is 10.1 Å². The molecule has 2 N–H and O–H groups in total. The van der Waals surface area contributed by atoms with Gasteiger partial charge in [-0.1, -0.05) is 11.6 Å². The van der Waals surface area contributed by atoms with E-state index >= 15 is 0 Å². The van der Waals surface area contributed by atoms with Crippen molar-refractivity contribution in [2.45, 2.75) is 6.92 Å². The van der Waals surface area contributed by atoms with Crippen LogP contribution in [0.1, 0.15) is 5.82 Å². The predicted octanol–water partition coefficient (Wildman–Crippen LogP) is 2.72. The zero-order valence-corrected chi connectivity index (χ0v) is 10.6. The van der Waals surface area contributed by atoms with E-state index in [-0.39, 0.29) is 28.2 Å². The highest BCUT2D eigenvalue weighted by atomic mass is 35.5. The molecule has 0 unspecified atom stereocenters. The summed E-state index contributed by atoms with van der Waals surface area (Å²) in [5.41, 5.74) is 5.43. The van der Waals surface area contributed by atoms with Crippen molar-refractivity contribution in [2.75, 3.05) is 5.73 Å². The second-order valence-electron chi connectivity index (χ2n) is 3.65. The molecule has 1 aromatic heterocycles. The number of anilines is 1. The summed E-state index contributed by atoms with van der Waals surface area (Å²) in [6.45, 7) is 1.65. The van der Waals surface area contributed by atoms with Crippen LogP contribution in [0.25, 0.3) is 0 Å². The molecular formula is C11H9ClN4O3. The number of nitro groups is 1. The van der Waals surface area contributed by atoms with Gasteiger partial charge >= 0.3 is 0 Å². The molecule has 0 spiro atoms. The highest BCUT2D eigenvalue weighted by Crippen LogP contribution is 2.32. The molecule has 19 heavy (non-hydrogen) atoms. The van der Waals surface area contributed by atoms with Crippen LogP contribution >= 0.6 is 11.6 Å². The second-order valence-corrected chi connectivity index (χ2v) is 4.06. The topological polar surface area (TPSA) is 104 Å². The zero-order chi connectivity index (χ0) is 14.0. The number of hydrogen-bond acceptors (Lipinski definition) is 6. The number of hydrogen-bond donors (Lipinski definition) is 1. The van der Waals surface area contributed by atoms with E-state index in [1.165, 1.54) is 24.3 Å². The van der Waals surface area contributed by atoms with Crippen molar-refractivity contribution in [2.24, 2.45) is 0 Å². The highest BCUT2D eigenvalue weighted by Gasteiger charge is 2.12. The first kappa shape index (κ1) is 13.0. The van der Waals surface area contributed by atoms with E-state index in [1.807, 2.05) is 0 Å². The average molecular weight is 281 g/mol. The average Bonchev–Trinajstić information content (AvgIpc) is 2.30. The number of nitro benzene ring substituents is 1. The standard InChI is InChI=1S/C11H9ClN4O3/c1-6-14-10(13)5-11(15-6)19-9-4-7(16(17)18)2-3-8(9)12/h2-5H,1H3,(H2,13,14,15). The minimum atomic E-state index is -0.539. The third kappa shape index (κ3) is 3.08. The number of rotatable bonds is 3. The predicted molar refractivity (Wildman–Crippen MR) is 69.4 cm³/mol. The Hall–Kier alpha value is -2.41. The van der Waals surface area contributed by atoms with Crippen molar-refractivity contribution in [3.63, 3.8) is 0 Å². The molecule has 0 fully saturated rings. The van der Waals surface area contributed by atoms with Crippen molar-refractivity contribution >= 4 is 23.1 Å². The Bertz CT molecular complexity index is 628. The van der Waals surface area contributed by atoms with Crippen molar-refractivity contribution in [3.05, 3.63) is 45.2 Å². The number of aromatic nitrogens is 2. The van der Waals surface area contributed by atoms with E-state index in [0.717, 1.165) is 0 Å². The van der Waals surface area contributed by atoms with Crippen LogP contribution in [-0.2, 0) is 0 Å². The van der Waals surface area contributed by atoms with Gasteiger partial charge < -0.3 is 10.5 Å². The molecule has 0 radical (unpaired) electrons. The molecule has 0 saturated carbocycles. The normalized spacial score (nSPS) is 10.2. The van der Waals surface area contributed by atoms with Crippen LogP contribution in [0.15, 0.2) is 24.3 Å². The van der Waals surface area contributed by atoms with Gasteiger partial charge in [-0.05, 0) is 13.0 Å². The van der Waals surface area contributed by atoms with Gasteiger partial charge in [0.15, 0.2) is 5.75 Å². The summed E-state index contributed by atoms with van der Waals surface area (Å²) in [7, 11) is 0. The minimum Gasteiger partial charge on any atom is -0.437 e. The largest absolute Gasteiger partial charge is 0.437 e. The van der Waals surface area contributed by atoms with Crippen LogP contribution in [-0.4, -0.2) is 14.9 Å². The lowest BCUT2D eigenvalue weighted by atomic mass is 10.3. The van der Waals surface area contributed by atoms with Crippen molar-refractivity contribution in [3.8, 4) is 11.6 Å². The van der Waals surface area contributed by atoms with Crippen molar-refractivity contribution < 1.29 is 9.66 Å². The van der Waals surface area contributed by atoms with E-state index < -0.39 is 4.92 Å². The summed E-state index contributed by atoms with van der Waals surface area (Å²) in [4.78, 5) is 18.0. The fourth-order valence-corrected chi connectivity index (χ4v) is 1.57. The van der Waals surface area contributed by atoms with Gasteiger partial charge in [-0.2, -0.15) is 4.98 Å². The molecule has 0 atom stereocenters. The molecule has 2 rings (SSSR count). The van der Waals surface area contributed by atoms with E-state index in [2.05, 4.69) is 9.97 Å². The lowest BCUT2D eigenvalue weighted by molar-refractivity contribution is -0.384. The van der Waals surface area contributed by atoms with Gasteiger partial charge in [0, 0.05) is 12.1 Å². The summed E-state index contributed by atoms with van der Waals surface area (Å²) < 4.78 is 5.39. The molecule has 0 amide bonds. The first-order chi connectivity index (χ1) is 8.95. The minimum absolute atomic E-state index is 0.127. The second kappa shape index (κ2) is 5.07. The Balaban J connectivity index is 2.37. The summed E-state index contributed by atoms with van der Waals surface area (Å²) >= 11 is 5.91. The van der Waals surface area contributed by atoms with Gasteiger partial charge in [-0.15, -0.1) is 0 Å². The van der Waals surface area contributed by atoms with Crippen LogP contribution in [0.2, 0.25) is 5.02 Å². The molecule has 1 aromatic carbocycles. The Labute approximate surface area is 113 Å². The third-order valence-electron chi connectivity index (χ3n) is 2.17. The number of halogens is 1. The first-order valence-electron chi connectivity index (χ1n) is 5.18. The van der Waals surface area contributed by atoms with E-state index in [0.29, 0.717) is 5.82 Å². The van der Waals surface area contributed by atoms with Crippen LogP contribution in [0.3, 0.4) is 0 Å². The third-order valence-corrected chi connectivity index (χ3v) is 2.49. The Morgan fingerprint density at radius 3 is 2.74 bits per heavy atom. The van der Waals surface area contributed by atoms with Gasteiger partial charge in [0.25, 0.3) is 5.69 Å². The number of non-ortho nitro benzene ring substituents is 1. The van der Waals surface area contributed by atoms with Gasteiger partial charge in [0.05, 0.1) is 16.0 Å². The number of nitrogens with zero attached hydrogens (tertiary/aromatic N) is 3. The fourth-order valence-electron chi connectivity index (χ4n) is 1.41. The molecule has 0 aliphatic carbocycles. The number of nitrogens with two attached hydrogens (primary N) is 1. The highest BCUT2D eigenvalue weighted by molar-refractivity contribution is 6.32. The summed E-state index contributed by atoms with van der Waals surface area (Å²) in [5, 5.41) is 10.9. The zero-order valence-electron chi connectivity index (χ0n) is 9.83. The Morgan fingerprint density at radius 1 is 1.37 bits per heavy atom. The molecule has 0 aliphatic rings. The molecule has 0 bridgehead atoms. The van der Waals surface area contributed by atoms with Crippen molar-refractivity contribution in [1.29, 1.82) is 0 Å². The van der Waals surface area contributed by atoms with Gasteiger partial charge in [-0.25, -0.2) is 4.98 Å². The number of nitrogen functional groups attached to an aromatic ring is 1. The van der Waals surface area contributed by atoms with E-state index in [1.54, 1.807) is 6.92 Å². The lowest BCUT2D eigenvalue weighted by Gasteiger charge is -2.07. The SMILES string of the molecule is Cc1nc(N)cc(Oc2cc([N+](=O)[O-])ccc2Cl)n1. The molecule has 0 aliphatic heterocycles. The molecule has 7 nitrogen and oxygen atoms in total. The number of aryl methyl sites for hydroxylation is 1.